The van der Waals surface area contributed by atoms with Crippen molar-refractivity contribution < 1.29 is 20.0 Å². The molecule has 0 atom stereocenters. The van der Waals surface area contributed by atoms with Crippen LogP contribution in [0.1, 0.15) is 38.1 Å². The molecule has 0 aliphatic rings. The molecule has 1 aromatic rings. The van der Waals surface area contributed by atoms with E-state index in [1.807, 2.05) is 0 Å². The van der Waals surface area contributed by atoms with E-state index in [9.17, 15) is 9.90 Å². The van der Waals surface area contributed by atoms with Crippen LogP contribution in [-0.2, 0) is 0 Å². The summed E-state index contributed by atoms with van der Waals surface area (Å²) in [6, 6.07) is 7.53. The highest BCUT2D eigenvalue weighted by Gasteiger charge is 1.97. The van der Waals surface area contributed by atoms with Gasteiger partial charge in [0.1, 0.15) is 5.75 Å². The Morgan fingerprint density at radius 3 is 1.78 bits per heavy atom. The molecule has 0 radical (unpaired) electrons. The maximum absolute atomic E-state index is 10.2. The average molecular weight is 253 g/mol. The summed E-state index contributed by atoms with van der Waals surface area (Å²) < 4.78 is 4.84. The molecule has 0 saturated heterocycles. The van der Waals surface area contributed by atoms with Gasteiger partial charge in [-0.15, -0.1) is 0 Å². The summed E-state index contributed by atoms with van der Waals surface area (Å²) >= 11 is 0. The maximum Gasteiger partial charge on any atom is 0.118 e. The fourth-order valence-electron chi connectivity index (χ4n) is 1.50. The number of hydrogen-bond acceptors (Lipinski definition) is 3. The zero-order valence-corrected chi connectivity index (χ0v) is 11.8. The van der Waals surface area contributed by atoms with E-state index in [0.29, 0.717) is 5.75 Å². The topological polar surface area (TPSA) is 66.0 Å². The number of carboxylic acids is 1. The number of nitrogens with two attached hydrogens (primary N) is 1. The number of carbonyl (C=O) groups excluding carboxylic acids is 1. The summed E-state index contributed by atoms with van der Waals surface area (Å²) in [6.07, 6.45) is 0. The van der Waals surface area contributed by atoms with E-state index in [1.165, 1.54) is 19.2 Å². The quantitative estimate of drug-likeness (QED) is 0.846. The largest absolute Gasteiger partial charge is 0.545 e. The minimum atomic E-state index is -1.17. The van der Waals surface area contributed by atoms with Gasteiger partial charge in [0.15, 0.2) is 0 Å². The Morgan fingerprint density at radius 2 is 1.56 bits per heavy atom. The molecule has 0 bridgehead atoms. The van der Waals surface area contributed by atoms with Crippen LogP contribution < -0.4 is 15.2 Å². The first-order valence-electron chi connectivity index (χ1n) is 6.07. The highest BCUT2D eigenvalue weighted by Crippen LogP contribution is 2.10. The predicted molar refractivity (Wildman–Crippen MR) is 69.5 cm³/mol. The number of quaternary nitrogens is 1. The Kier molecular flexibility index (Phi) is 7.79. The number of ether oxygens (including phenoxy) is 1. The van der Waals surface area contributed by atoms with Crippen LogP contribution in [-0.4, -0.2) is 25.2 Å². The lowest BCUT2D eigenvalue weighted by Crippen LogP contribution is -2.92. The molecular weight excluding hydrogens is 230 g/mol. The van der Waals surface area contributed by atoms with Gasteiger partial charge in [-0.1, -0.05) is 0 Å². The van der Waals surface area contributed by atoms with Crippen molar-refractivity contribution in [2.75, 3.05) is 7.11 Å². The third-order valence-corrected chi connectivity index (χ3v) is 2.10. The van der Waals surface area contributed by atoms with Gasteiger partial charge in [0.2, 0.25) is 0 Å². The Morgan fingerprint density at radius 1 is 1.11 bits per heavy atom. The lowest BCUT2D eigenvalue weighted by Gasteiger charge is -2.06. The van der Waals surface area contributed by atoms with E-state index < -0.39 is 5.97 Å². The molecule has 0 heterocycles. The van der Waals surface area contributed by atoms with E-state index in [1.54, 1.807) is 12.1 Å². The van der Waals surface area contributed by atoms with Gasteiger partial charge in [0, 0.05) is 0 Å². The van der Waals surface area contributed by atoms with Gasteiger partial charge < -0.3 is 20.0 Å². The number of methoxy groups -OCH3 is 1. The van der Waals surface area contributed by atoms with Gasteiger partial charge in [-0.3, -0.25) is 0 Å². The van der Waals surface area contributed by atoms with Crippen LogP contribution in [0, 0.1) is 0 Å². The van der Waals surface area contributed by atoms with Crippen molar-refractivity contribution in [3.63, 3.8) is 0 Å². The Hall–Kier alpha value is -1.55. The second kappa shape index (κ2) is 8.53. The summed E-state index contributed by atoms with van der Waals surface area (Å²) in [4.78, 5) is 10.2. The lowest BCUT2D eigenvalue weighted by atomic mass is 10.2. The standard InChI is InChI=1S/C8H8O3.C6H15N/c1-11-7-4-2-6(3-5-7)8(9)10;1-5(2)7-6(3)4/h2-5H,1H3,(H,9,10);5-7H,1-4H3. The fourth-order valence-corrected chi connectivity index (χ4v) is 1.50. The summed E-state index contributed by atoms with van der Waals surface area (Å²) in [6.45, 7) is 8.83. The molecule has 1 rings (SSSR count). The van der Waals surface area contributed by atoms with E-state index in [0.717, 1.165) is 12.1 Å². The molecule has 2 N–H and O–H groups in total. The van der Waals surface area contributed by atoms with Gasteiger partial charge in [-0.25, -0.2) is 0 Å². The van der Waals surface area contributed by atoms with E-state index >= 15 is 0 Å². The Balaban J connectivity index is 0.000000360. The molecule has 18 heavy (non-hydrogen) atoms. The first-order valence-corrected chi connectivity index (χ1v) is 6.07. The van der Waals surface area contributed by atoms with Gasteiger partial charge in [0.05, 0.1) is 25.2 Å². The minimum absolute atomic E-state index is 0.158. The van der Waals surface area contributed by atoms with Crippen LogP contribution in [0.25, 0.3) is 0 Å². The molecule has 0 aliphatic carbocycles. The first kappa shape index (κ1) is 16.4. The van der Waals surface area contributed by atoms with Gasteiger partial charge in [0.25, 0.3) is 0 Å². The van der Waals surface area contributed by atoms with Gasteiger partial charge >= 0.3 is 0 Å². The average Bonchev–Trinajstić information content (AvgIpc) is 2.28. The highest BCUT2D eigenvalue weighted by atomic mass is 16.5. The van der Waals surface area contributed by atoms with Crippen LogP contribution in [0.2, 0.25) is 0 Å². The van der Waals surface area contributed by atoms with Crippen LogP contribution in [0.3, 0.4) is 0 Å². The summed E-state index contributed by atoms with van der Waals surface area (Å²) in [5, 5.41) is 12.6. The molecule has 0 saturated carbocycles. The summed E-state index contributed by atoms with van der Waals surface area (Å²) in [5.74, 6) is -0.539. The lowest BCUT2D eigenvalue weighted by molar-refractivity contribution is -0.709. The molecule has 102 valence electrons. The van der Waals surface area contributed by atoms with Crippen molar-refractivity contribution in [1.29, 1.82) is 0 Å². The number of benzene rings is 1. The number of rotatable bonds is 4. The van der Waals surface area contributed by atoms with Crippen molar-refractivity contribution in [2.45, 2.75) is 39.8 Å². The van der Waals surface area contributed by atoms with Crippen LogP contribution in [0.4, 0.5) is 0 Å². The summed E-state index contributed by atoms with van der Waals surface area (Å²) in [5.41, 5.74) is 0.158. The van der Waals surface area contributed by atoms with Crippen LogP contribution in [0.5, 0.6) is 5.75 Å². The third-order valence-electron chi connectivity index (χ3n) is 2.10. The Labute approximate surface area is 109 Å². The monoisotopic (exact) mass is 253 g/mol. The zero-order chi connectivity index (χ0) is 14.1. The zero-order valence-electron chi connectivity index (χ0n) is 11.8. The molecule has 4 heteroatoms. The van der Waals surface area contributed by atoms with Crippen molar-refractivity contribution in [3.05, 3.63) is 29.8 Å². The molecule has 0 aliphatic heterocycles. The maximum atomic E-state index is 10.2. The number of aromatic carboxylic acids is 1. The SMILES string of the molecule is CC(C)[NH2+]C(C)C.COc1ccc(C(=O)[O-])cc1. The summed E-state index contributed by atoms with van der Waals surface area (Å²) in [7, 11) is 1.52. The Bertz CT molecular complexity index is 339. The van der Waals surface area contributed by atoms with Crippen molar-refractivity contribution in [3.8, 4) is 5.75 Å². The number of carbonyl (C=O) groups is 1. The molecule has 0 fully saturated rings. The molecule has 0 unspecified atom stereocenters. The number of hydrogen-bond donors (Lipinski definition) is 1. The predicted octanol–water partition coefficient (Wildman–Crippen LogP) is 0.425. The molecule has 0 spiro atoms. The van der Waals surface area contributed by atoms with Gasteiger partial charge in [-0.05, 0) is 57.5 Å². The van der Waals surface area contributed by atoms with Crippen LogP contribution >= 0.6 is 0 Å². The van der Waals surface area contributed by atoms with Crippen LogP contribution in [0.15, 0.2) is 24.3 Å². The second-order valence-corrected chi connectivity index (χ2v) is 4.70. The van der Waals surface area contributed by atoms with E-state index in [4.69, 9.17) is 4.74 Å². The molecule has 1 aromatic carbocycles. The fraction of sp³-hybridized carbons (Fsp3) is 0.500. The second-order valence-electron chi connectivity index (χ2n) is 4.70. The first-order chi connectivity index (χ1) is 8.36. The number of carboxylic acid groups (broad SMARTS) is 1. The smallest absolute Gasteiger partial charge is 0.118 e. The molecule has 0 aromatic heterocycles. The van der Waals surface area contributed by atoms with E-state index in [2.05, 4.69) is 33.0 Å². The molecule has 0 amide bonds. The van der Waals surface area contributed by atoms with Crippen molar-refractivity contribution in [2.24, 2.45) is 0 Å². The molecular formula is C14H23NO3. The van der Waals surface area contributed by atoms with Crippen molar-refractivity contribution >= 4 is 5.97 Å². The van der Waals surface area contributed by atoms with Gasteiger partial charge in [-0.2, -0.15) is 0 Å². The van der Waals surface area contributed by atoms with E-state index in [-0.39, 0.29) is 5.56 Å². The third kappa shape index (κ3) is 7.68. The minimum Gasteiger partial charge on any atom is -0.545 e. The van der Waals surface area contributed by atoms with Crippen molar-refractivity contribution in [1.82, 2.24) is 0 Å². The normalized spacial score (nSPS) is 9.94. The highest BCUT2D eigenvalue weighted by molar-refractivity contribution is 5.85. The molecule has 4 nitrogen and oxygen atoms in total.